The first kappa shape index (κ1) is 11.9. The Kier molecular flexibility index (Phi) is 4.49. The summed E-state index contributed by atoms with van der Waals surface area (Å²) in [5.41, 5.74) is 2.07. The van der Waals surface area contributed by atoms with Crippen LogP contribution in [0.3, 0.4) is 0 Å². The van der Waals surface area contributed by atoms with Gasteiger partial charge in [0.05, 0.1) is 6.61 Å². The number of hydrogen-bond acceptors (Lipinski definition) is 4. The van der Waals surface area contributed by atoms with E-state index in [1.165, 1.54) is 0 Å². The Morgan fingerprint density at radius 3 is 2.73 bits per heavy atom. The van der Waals surface area contributed by atoms with Gasteiger partial charge in [-0.25, -0.2) is 9.97 Å². The van der Waals surface area contributed by atoms with Gasteiger partial charge < -0.3 is 10.1 Å². The zero-order valence-corrected chi connectivity index (χ0v) is 9.87. The zero-order valence-electron chi connectivity index (χ0n) is 9.87. The number of nitrogens with one attached hydrogen (secondary N) is 1. The van der Waals surface area contributed by atoms with Gasteiger partial charge in [0.15, 0.2) is 0 Å². The van der Waals surface area contributed by atoms with E-state index in [9.17, 15) is 0 Å². The second-order valence-corrected chi connectivity index (χ2v) is 3.83. The number of aromatic nitrogens is 2. The average molecular weight is 209 g/mol. The molecular formula is C11H19N3O. The van der Waals surface area contributed by atoms with Gasteiger partial charge in [-0.1, -0.05) is 13.8 Å². The molecule has 1 heterocycles. The molecule has 1 aromatic heterocycles. The highest BCUT2D eigenvalue weighted by Gasteiger charge is 2.04. The first-order valence-electron chi connectivity index (χ1n) is 5.22. The van der Waals surface area contributed by atoms with Crippen LogP contribution >= 0.6 is 0 Å². The maximum absolute atomic E-state index is 4.95. The monoisotopic (exact) mass is 209 g/mol. The summed E-state index contributed by atoms with van der Waals surface area (Å²) in [4.78, 5) is 8.74. The van der Waals surface area contributed by atoms with Crippen LogP contribution in [0.2, 0.25) is 0 Å². The zero-order chi connectivity index (χ0) is 11.3. The molecule has 0 bridgehead atoms. The van der Waals surface area contributed by atoms with E-state index in [0.717, 1.165) is 17.9 Å². The van der Waals surface area contributed by atoms with Gasteiger partial charge in [-0.05, 0) is 18.9 Å². The number of hydrogen-bond donors (Lipinski definition) is 1. The lowest BCUT2D eigenvalue weighted by atomic mass is 10.1. The smallest absolute Gasteiger partial charge is 0.223 e. The summed E-state index contributed by atoms with van der Waals surface area (Å²) in [5.74, 6) is 1.12. The van der Waals surface area contributed by atoms with E-state index < -0.39 is 0 Å². The van der Waals surface area contributed by atoms with Gasteiger partial charge in [-0.15, -0.1) is 0 Å². The molecule has 0 fully saturated rings. The normalized spacial score (nSPS) is 10.7. The van der Waals surface area contributed by atoms with Gasteiger partial charge in [0.1, 0.15) is 0 Å². The molecule has 0 unspecified atom stereocenters. The minimum absolute atomic E-state index is 0.426. The van der Waals surface area contributed by atoms with Crippen LogP contribution in [0, 0.1) is 6.92 Å². The van der Waals surface area contributed by atoms with Crippen LogP contribution in [0.1, 0.15) is 31.2 Å². The molecule has 0 aromatic carbocycles. The predicted octanol–water partition coefficient (Wildman–Crippen LogP) is 1.97. The van der Waals surface area contributed by atoms with Crippen LogP contribution in [-0.4, -0.2) is 30.2 Å². The van der Waals surface area contributed by atoms with Gasteiger partial charge in [-0.3, -0.25) is 0 Å². The van der Waals surface area contributed by atoms with E-state index >= 15 is 0 Å². The molecule has 1 aromatic rings. The van der Waals surface area contributed by atoms with E-state index in [0.29, 0.717) is 18.5 Å². The molecule has 1 rings (SSSR count). The molecule has 15 heavy (non-hydrogen) atoms. The minimum atomic E-state index is 0.426. The molecule has 0 aliphatic rings. The highest BCUT2D eigenvalue weighted by atomic mass is 16.5. The Morgan fingerprint density at radius 2 is 2.13 bits per heavy atom. The van der Waals surface area contributed by atoms with E-state index in [2.05, 4.69) is 29.1 Å². The number of rotatable bonds is 5. The summed E-state index contributed by atoms with van der Waals surface area (Å²) in [6.07, 6.45) is 0. The van der Waals surface area contributed by atoms with Gasteiger partial charge in [0, 0.05) is 25.0 Å². The molecule has 0 radical (unpaired) electrons. The molecule has 0 saturated carbocycles. The van der Waals surface area contributed by atoms with Crippen molar-refractivity contribution in [2.75, 3.05) is 25.6 Å². The van der Waals surface area contributed by atoms with Crippen LogP contribution in [0.4, 0.5) is 5.95 Å². The van der Waals surface area contributed by atoms with Crippen molar-refractivity contribution in [2.24, 2.45) is 0 Å². The molecule has 0 atom stereocenters. The Balaban J connectivity index is 2.71. The predicted molar refractivity (Wildman–Crippen MR) is 61.2 cm³/mol. The van der Waals surface area contributed by atoms with Gasteiger partial charge in [0.25, 0.3) is 0 Å². The summed E-state index contributed by atoms with van der Waals surface area (Å²) in [6, 6.07) is 2.02. The second-order valence-electron chi connectivity index (χ2n) is 3.83. The van der Waals surface area contributed by atoms with E-state index in [-0.39, 0.29) is 0 Å². The van der Waals surface area contributed by atoms with Gasteiger partial charge >= 0.3 is 0 Å². The van der Waals surface area contributed by atoms with Crippen molar-refractivity contribution in [3.8, 4) is 0 Å². The topological polar surface area (TPSA) is 47.0 Å². The van der Waals surface area contributed by atoms with Crippen molar-refractivity contribution in [3.63, 3.8) is 0 Å². The first-order valence-corrected chi connectivity index (χ1v) is 5.22. The van der Waals surface area contributed by atoms with Crippen LogP contribution in [0.5, 0.6) is 0 Å². The summed E-state index contributed by atoms with van der Waals surface area (Å²) < 4.78 is 4.95. The number of aryl methyl sites for hydroxylation is 1. The first-order chi connectivity index (χ1) is 7.13. The number of anilines is 1. The van der Waals surface area contributed by atoms with Crippen LogP contribution in [0.15, 0.2) is 6.07 Å². The minimum Gasteiger partial charge on any atom is -0.383 e. The highest BCUT2D eigenvalue weighted by Crippen LogP contribution is 2.13. The molecule has 0 spiro atoms. The molecule has 0 amide bonds. The second kappa shape index (κ2) is 5.66. The number of nitrogens with zero attached hydrogens (tertiary/aromatic N) is 2. The van der Waals surface area contributed by atoms with Crippen molar-refractivity contribution >= 4 is 5.95 Å². The van der Waals surface area contributed by atoms with Crippen molar-refractivity contribution in [1.82, 2.24) is 9.97 Å². The Bertz CT molecular complexity index is 313. The average Bonchev–Trinajstić information content (AvgIpc) is 2.17. The maximum atomic E-state index is 4.95. The van der Waals surface area contributed by atoms with Crippen molar-refractivity contribution in [1.29, 1.82) is 0 Å². The SMILES string of the molecule is COCCNc1nc(C)cc(C(C)C)n1. The summed E-state index contributed by atoms with van der Waals surface area (Å²) in [5, 5.41) is 3.13. The molecule has 0 aliphatic carbocycles. The lowest BCUT2D eigenvalue weighted by Crippen LogP contribution is -2.11. The third-order valence-corrected chi connectivity index (χ3v) is 2.05. The third kappa shape index (κ3) is 3.83. The molecule has 4 nitrogen and oxygen atoms in total. The van der Waals surface area contributed by atoms with Crippen molar-refractivity contribution < 1.29 is 4.74 Å². The van der Waals surface area contributed by atoms with Gasteiger partial charge in [0.2, 0.25) is 5.95 Å². The lowest BCUT2D eigenvalue weighted by molar-refractivity contribution is 0.210. The molecule has 4 heteroatoms. The van der Waals surface area contributed by atoms with Crippen LogP contribution in [-0.2, 0) is 4.74 Å². The fourth-order valence-electron chi connectivity index (χ4n) is 1.23. The van der Waals surface area contributed by atoms with E-state index in [4.69, 9.17) is 4.74 Å². The third-order valence-electron chi connectivity index (χ3n) is 2.05. The standard InChI is InChI=1S/C11H19N3O/c1-8(2)10-7-9(3)13-11(14-10)12-5-6-15-4/h7-8H,5-6H2,1-4H3,(H,12,13,14). The van der Waals surface area contributed by atoms with Gasteiger partial charge in [-0.2, -0.15) is 0 Å². The molecule has 1 N–H and O–H groups in total. The largest absolute Gasteiger partial charge is 0.383 e. The number of ether oxygens (including phenoxy) is 1. The molecular weight excluding hydrogens is 190 g/mol. The van der Waals surface area contributed by atoms with E-state index in [1.807, 2.05) is 13.0 Å². The molecule has 0 saturated heterocycles. The van der Waals surface area contributed by atoms with Crippen LogP contribution in [0.25, 0.3) is 0 Å². The quantitative estimate of drug-likeness (QED) is 0.753. The highest BCUT2D eigenvalue weighted by molar-refractivity contribution is 5.28. The summed E-state index contributed by atoms with van der Waals surface area (Å²) >= 11 is 0. The lowest BCUT2D eigenvalue weighted by Gasteiger charge is -2.09. The van der Waals surface area contributed by atoms with Crippen molar-refractivity contribution in [3.05, 3.63) is 17.5 Å². The maximum Gasteiger partial charge on any atom is 0.223 e. The summed E-state index contributed by atoms with van der Waals surface area (Å²) in [7, 11) is 1.68. The molecule has 84 valence electrons. The van der Waals surface area contributed by atoms with Crippen LogP contribution < -0.4 is 5.32 Å². The Labute approximate surface area is 91.1 Å². The summed E-state index contributed by atoms with van der Waals surface area (Å²) in [6.45, 7) is 7.63. The number of methoxy groups -OCH3 is 1. The Morgan fingerprint density at radius 1 is 1.40 bits per heavy atom. The van der Waals surface area contributed by atoms with Crippen molar-refractivity contribution in [2.45, 2.75) is 26.7 Å². The molecule has 0 aliphatic heterocycles. The Hall–Kier alpha value is -1.16. The fraction of sp³-hybridized carbons (Fsp3) is 0.636. The van der Waals surface area contributed by atoms with E-state index in [1.54, 1.807) is 7.11 Å². The fourth-order valence-corrected chi connectivity index (χ4v) is 1.23.